The Kier molecular flexibility index (Phi) is 5.02. The van der Waals surface area contributed by atoms with Crippen LogP contribution < -0.4 is 10.6 Å². The van der Waals surface area contributed by atoms with Crippen LogP contribution in [0.3, 0.4) is 0 Å². The first-order valence-electron chi connectivity index (χ1n) is 5.97. The molecule has 2 N–H and O–H groups in total. The normalized spacial score (nSPS) is 13.4. The topological polar surface area (TPSA) is 29.3 Å². The molecule has 0 aromatic heterocycles. The Morgan fingerprint density at radius 2 is 1.89 bits per heavy atom. The van der Waals surface area contributed by atoms with Crippen molar-refractivity contribution in [3.05, 3.63) is 29.8 Å². The minimum atomic E-state index is -4.13. The number of halogens is 3. The lowest BCUT2D eigenvalue weighted by Gasteiger charge is -2.25. The van der Waals surface area contributed by atoms with E-state index in [1.807, 2.05) is 25.1 Å². The molecule has 0 saturated carbocycles. The van der Waals surface area contributed by atoms with Crippen LogP contribution in [0.4, 0.5) is 18.9 Å². The summed E-state index contributed by atoms with van der Waals surface area (Å²) in [5, 5.41) is 0. The van der Waals surface area contributed by atoms with Crippen molar-refractivity contribution in [2.45, 2.75) is 32.0 Å². The Labute approximate surface area is 106 Å². The average Bonchev–Trinajstić information content (AvgIpc) is 2.34. The first kappa shape index (κ1) is 14.8. The van der Waals surface area contributed by atoms with Crippen LogP contribution in [0.5, 0.6) is 0 Å². The van der Waals surface area contributed by atoms with Crippen molar-refractivity contribution in [1.29, 1.82) is 0 Å². The summed E-state index contributed by atoms with van der Waals surface area (Å²) >= 11 is 0. The maximum absolute atomic E-state index is 12.2. The molecule has 0 aliphatic rings. The van der Waals surface area contributed by atoms with Crippen LogP contribution in [-0.2, 0) is 0 Å². The van der Waals surface area contributed by atoms with E-state index in [9.17, 15) is 13.2 Å². The van der Waals surface area contributed by atoms with Crippen molar-refractivity contribution in [2.24, 2.45) is 5.73 Å². The van der Waals surface area contributed by atoms with Gasteiger partial charge in [-0.3, -0.25) is 0 Å². The molecule has 1 aromatic carbocycles. The molecule has 0 bridgehead atoms. The highest BCUT2D eigenvalue weighted by Gasteiger charge is 2.27. The van der Waals surface area contributed by atoms with Gasteiger partial charge in [-0.2, -0.15) is 13.2 Å². The van der Waals surface area contributed by atoms with Gasteiger partial charge in [-0.1, -0.05) is 25.1 Å². The third-order valence-corrected chi connectivity index (χ3v) is 2.92. The standard InChI is InChI=1S/C13H19F3N2/c1-3-11(17)10-6-4-5-7-12(10)18(2)9-8-13(14,15)16/h4-7,11H,3,8-9,17H2,1-2H3/t11-/m1/s1. The molecule has 2 nitrogen and oxygen atoms in total. The monoisotopic (exact) mass is 260 g/mol. The first-order chi connectivity index (χ1) is 8.35. The van der Waals surface area contributed by atoms with E-state index in [0.717, 1.165) is 17.7 Å². The molecule has 0 saturated heterocycles. The van der Waals surface area contributed by atoms with E-state index >= 15 is 0 Å². The van der Waals surface area contributed by atoms with Crippen LogP contribution in [0.2, 0.25) is 0 Å². The molecule has 1 atom stereocenters. The highest BCUT2D eigenvalue weighted by molar-refractivity contribution is 5.54. The van der Waals surface area contributed by atoms with Crippen LogP contribution >= 0.6 is 0 Å². The van der Waals surface area contributed by atoms with Crippen LogP contribution in [0.1, 0.15) is 31.4 Å². The Morgan fingerprint density at radius 1 is 1.28 bits per heavy atom. The summed E-state index contributed by atoms with van der Waals surface area (Å²) in [4.78, 5) is 1.61. The van der Waals surface area contributed by atoms with Crippen LogP contribution in [0.25, 0.3) is 0 Å². The number of rotatable bonds is 5. The van der Waals surface area contributed by atoms with Gasteiger partial charge in [0.05, 0.1) is 6.42 Å². The highest BCUT2D eigenvalue weighted by Crippen LogP contribution is 2.27. The summed E-state index contributed by atoms with van der Waals surface area (Å²) in [6.07, 6.45) is -4.20. The first-order valence-corrected chi connectivity index (χ1v) is 5.97. The van der Waals surface area contributed by atoms with Gasteiger partial charge in [0.15, 0.2) is 0 Å². The molecule has 0 aliphatic heterocycles. The minimum absolute atomic E-state index is 0.0586. The number of hydrogen-bond acceptors (Lipinski definition) is 2. The van der Waals surface area contributed by atoms with Gasteiger partial charge in [0.2, 0.25) is 0 Å². The van der Waals surface area contributed by atoms with Crippen LogP contribution in [0.15, 0.2) is 24.3 Å². The summed E-state index contributed by atoms with van der Waals surface area (Å²) in [5.41, 5.74) is 7.63. The molecule has 18 heavy (non-hydrogen) atoms. The maximum atomic E-state index is 12.2. The Hall–Kier alpha value is -1.23. The van der Waals surface area contributed by atoms with Crippen molar-refractivity contribution in [1.82, 2.24) is 0 Å². The Bertz CT molecular complexity index is 377. The summed E-state index contributed by atoms with van der Waals surface area (Å²) in [6.45, 7) is 1.90. The van der Waals surface area contributed by atoms with Crippen LogP contribution in [0, 0.1) is 0 Å². The van der Waals surface area contributed by atoms with Crippen molar-refractivity contribution in [2.75, 3.05) is 18.5 Å². The fourth-order valence-corrected chi connectivity index (χ4v) is 1.78. The summed E-state index contributed by atoms with van der Waals surface area (Å²) < 4.78 is 36.6. The molecule has 1 rings (SSSR count). The summed E-state index contributed by atoms with van der Waals surface area (Å²) in [7, 11) is 1.66. The molecule has 0 fully saturated rings. The van der Waals surface area contributed by atoms with E-state index in [1.54, 1.807) is 18.0 Å². The summed E-state index contributed by atoms with van der Waals surface area (Å²) in [5.74, 6) is 0. The van der Waals surface area contributed by atoms with Gasteiger partial charge in [0, 0.05) is 25.3 Å². The maximum Gasteiger partial charge on any atom is 0.390 e. The van der Waals surface area contributed by atoms with Crippen molar-refractivity contribution >= 4 is 5.69 Å². The Morgan fingerprint density at radius 3 is 2.44 bits per heavy atom. The van der Waals surface area contributed by atoms with Crippen molar-refractivity contribution in [3.63, 3.8) is 0 Å². The van der Waals surface area contributed by atoms with Gasteiger partial charge >= 0.3 is 6.18 Å². The number of benzene rings is 1. The lowest BCUT2D eigenvalue weighted by atomic mass is 10.0. The molecule has 0 amide bonds. The fourth-order valence-electron chi connectivity index (χ4n) is 1.78. The van der Waals surface area contributed by atoms with E-state index in [0.29, 0.717) is 0 Å². The number of nitrogens with two attached hydrogens (primary N) is 1. The minimum Gasteiger partial charge on any atom is -0.374 e. The lowest BCUT2D eigenvalue weighted by molar-refractivity contribution is -0.132. The SMILES string of the molecule is CC[C@@H](N)c1ccccc1N(C)CCC(F)(F)F. The largest absolute Gasteiger partial charge is 0.390 e. The second kappa shape index (κ2) is 6.09. The molecule has 5 heteroatoms. The van der Waals surface area contributed by atoms with Gasteiger partial charge in [0.1, 0.15) is 0 Å². The second-order valence-corrected chi connectivity index (χ2v) is 4.36. The Balaban J connectivity index is 2.82. The zero-order chi connectivity index (χ0) is 13.8. The average molecular weight is 260 g/mol. The fraction of sp³-hybridized carbons (Fsp3) is 0.538. The predicted octanol–water partition coefficient (Wildman–Crippen LogP) is 3.49. The van der Waals surface area contributed by atoms with Gasteiger partial charge in [-0.05, 0) is 18.1 Å². The smallest absolute Gasteiger partial charge is 0.374 e. The molecule has 102 valence electrons. The molecule has 0 spiro atoms. The third-order valence-electron chi connectivity index (χ3n) is 2.92. The van der Waals surface area contributed by atoms with E-state index in [4.69, 9.17) is 5.73 Å². The molecule has 0 radical (unpaired) electrons. The number of anilines is 1. The van der Waals surface area contributed by atoms with E-state index in [2.05, 4.69) is 0 Å². The van der Waals surface area contributed by atoms with Gasteiger partial charge in [-0.25, -0.2) is 0 Å². The van der Waals surface area contributed by atoms with Crippen molar-refractivity contribution < 1.29 is 13.2 Å². The lowest BCUT2D eigenvalue weighted by Crippen LogP contribution is -2.26. The predicted molar refractivity (Wildman–Crippen MR) is 67.6 cm³/mol. The van der Waals surface area contributed by atoms with Gasteiger partial charge in [0.25, 0.3) is 0 Å². The number of nitrogens with zero attached hydrogens (tertiary/aromatic N) is 1. The second-order valence-electron chi connectivity index (χ2n) is 4.36. The molecular formula is C13H19F3N2. The molecule has 0 heterocycles. The number of hydrogen-bond donors (Lipinski definition) is 1. The third kappa shape index (κ3) is 4.22. The number of alkyl halides is 3. The van der Waals surface area contributed by atoms with E-state index in [-0.39, 0.29) is 12.6 Å². The van der Waals surface area contributed by atoms with Gasteiger partial charge in [-0.15, -0.1) is 0 Å². The molecule has 0 unspecified atom stereocenters. The van der Waals surface area contributed by atoms with E-state index in [1.165, 1.54) is 0 Å². The molecule has 1 aromatic rings. The zero-order valence-corrected chi connectivity index (χ0v) is 10.7. The summed E-state index contributed by atoms with van der Waals surface area (Å²) in [6, 6.07) is 7.20. The quantitative estimate of drug-likeness (QED) is 0.878. The molecular weight excluding hydrogens is 241 g/mol. The molecule has 0 aliphatic carbocycles. The van der Waals surface area contributed by atoms with Crippen molar-refractivity contribution in [3.8, 4) is 0 Å². The highest BCUT2D eigenvalue weighted by atomic mass is 19.4. The van der Waals surface area contributed by atoms with Gasteiger partial charge < -0.3 is 10.6 Å². The van der Waals surface area contributed by atoms with E-state index < -0.39 is 12.6 Å². The zero-order valence-electron chi connectivity index (χ0n) is 10.7. The number of para-hydroxylation sites is 1. The van der Waals surface area contributed by atoms with Crippen LogP contribution in [-0.4, -0.2) is 19.8 Å².